The van der Waals surface area contributed by atoms with Gasteiger partial charge in [0.25, 0.3) is 0 Å². The number of thiophene rings is 1. The lowest BCUT2D eigenvalue weighted by atomic mass is 10.2. The van der Waals surface area contributed by atoms with Gasteiger partial charge < -0.3 is 8.94 Å². The van der Waals surface area contributed by atoms with E-state index in [0.29, 0.717) is 24.7 Å². The van der Waals surface area contributed by atoms with Crippen molar-refractivity contribution in [3.63, 3.8) is 0 Å². The number of furan rings is 1. The Kier molecular flexibility index (Phi) is 5.90. The Bertz CT molecular complexity index is 1220. The SMILES string of the molecule is c1cncc(-c2nnc(SCCCc3nc(-c4cccs4)no3)n2Cc2ccco2)c1. The molecule has 5 aromatic heterocycles. The summed E-state index contributed by atoms with van der Waals surface area (Å²) in [4.78, 5) is 9.70. The van der Waals surface area contributed by atoms with Crippen molar-refractivity contribution in [1.82, 2.24) is 29.9 Å². The monoisotopic (exact) mass is 450 g/mol. The summed E-state index contributed by atoms with van der Waals surface area (Å²) in [6.07, 6.45) is 6.80. The van der Waals surface area contributed by atoms with Crippen LogP contribution in [0.5, 0.6) is 0 Å². The van der Waals surface area contributed by atoms with E-state index in [4.69, 9.17) is 8.94 Å². The van der Waals surface area contributed by atoms with Gasteiger partial charge in [0.15, 0.2) is 11.0 Å². The molecule has 0 saturated heterocycles. The fourth-order valence-electron chi connectivity index (χ4n) is 3.05. The van der Waals surface area contributed by atoms with E-state index in [1.165, 1.54) is 0 Å². The first kappa shape index (κ1) is 19.7. The molecular formula is C21H18N6O2S2. The van der Waals surface area contributed by atoms with Gasteiger partial charge in [0, 0.05) is 30.1 Å². The molecule has 0 N–H and O–H groups in total. The highest BCUT2D eigenvalue weighted by atomic mass is 32.2. The van der Waals surface area contributed by atoms with Crippen molar-refractivity contribution in [2.75, 3.05) is 5.75 Å². The van der Waals surface area contributed by atoms with Crippen LogP contribution in [0.25, 0.3) is 22.1 Å². The summed E-state index contributed by atoms with van der Waals surface area (Å²) >= 11 is 3.25. The van der Waals surface area contributed by atoms with E-state index in [1.54, 1.807) is 41.8 Å². The van der Waals surface area contributed by atoms with E-state index in [0.717, 1.165) is 39.4 Å². The maximum absolute atomic E-state index is 5.54. The van der Waals surface area contributed by atoms with Gasteiger partial charge in [-0.1, -0.05) is 23.0 Å². The fourth-order valence-corrected chi connectivity index (χ4v) is 4.58. The second-order valence-corrected chi connectivity index (χ2v) is 8.66. The second-order valence-electron chi connectivity index (χ2n) is 6.65. The third kappa shape index (κ3) is 4.59. The molecule has 0 aromatic carbocycles. The zero-order chi connectivity index (χ0) is 20.9. The van der Waals surface area contributed by atoms with Crippen LogP contribution in [0.3, 0.4) is 0 Å². The van der Waals surface area contributed by atoms with Gasteiger partial charge in [0.05, 0.1) is 17.7 Å². The topological polar surface area (TPSA) is 95.7 Å². The average Bonchev–Trinajstić information content (AvgIpc) is 3.60. The summed E-state index contributed by atoms with van der Waals surface area (Å²) < 4.78 is 13.0. The molecular weight excluding hydrogens is 432 g/mol. The van der Waals surface area contributed by atoms with Crippen LogP contribution in [-0.2, 0) is 13.0 Å². The molecule has 31 heavy (non-hydrogen) atoms. The van der Waals surface area contributed by atoms with Crippen molar-refractivity contribution in [3.05, 3.63) is 72.1 Å². The maximum Gasteiger partial charge on any atom is 0.227 e. The van der Waals surface area contributed by atoms with Crippen molar-refractivity contribution in [1.29, 1.82) is 0 Å². The predicted molar refractivity (Wildman–Crippen MR) is 118 cm³/mol. The van der Waals surface area contributed by atoms with E-state index in [1.807, 2.05) is 41.8 Å². The maximum atomic E-state index is 5.54. The van der Waals surface area contributed by atoms with Crippen LogP contribution in [-0.4, -0.2) is 35.6 Å². The first-order valence-corrected chi connectivity index (χ1v) is 11.6. The van der Waals surface area contributed by atoms with Crippen molar-refractivity contribution in [2.45, 2.75) is 24.5 Å². The van der Waals surface area contributed by atoms with E-state index in [9.17, 15) is 0 Å². The molecule has 0 saturated carbocycles. The van der Waals surface area contributed by atoms with Crippen molar-refractivity contribution >= 4 is 23.1 Å². The molecule has 0 bridgehead atoms. The number of hydrogen-bond acceptors (Lipinski definition) is 9. The molecule has 5 heterocycles. The highest BCUT2D eigenvalue weighted by Crippen LogP contribution is 2.26. The number of pyridine rings is 1. The van der Waals surface area contributed by atoms with Gasteiger partial charge in [0.2, 0.25) is 11.7 Å². The van der Waals surface area contributed by atoms with E-state index >= 15 is 0 Å². The lowest BCUT2D eigenvalue weighted by Crippen LogP contribution is -2.04. The van der Waals surface area contributed by atoms with Gasteiger partial charge in [-0.05, 0) is 42.1 Å². The largest absolute Gasteiger partial charge is 0.467 e. The zero-order valence-corrected chi connectivity index (χ0v) is 18.1. The Morgan fingerprint density at radius 3 is 2.90 bits per heavy atom. The average molecular weight is 451 g/mol. The normalized spacial score (nSPS) is 11.2. The predicted octanol–water partition coefficient (Wildman–Crippen LogP) is 4.82. The van der Waals surface area contributed by atoms with Crippen molar-refractivity contribution in [3.8, 4) is 22.1 Å². The summed E-state index contributed by atoms with van der Waals surface area (Å²) in [5.74, 6) is 3.76. The second kappa shape index (κ2) is 9.27. The van der Waals surface area contributed by atoms with Crippen molar-refractivity contribution in [2.24, 2.45) is 0 Å². The van der Waals surface area contributed by atoms with Crippen LogP contribution in [0.1, 0.15) is 18.1 Å². The molecule has 0 fully saturated rings. The fraction of sp³-hybridized carbons (Fsp3) is 0.190. The molecule has 156 valence electrons. The highest BCUT2D eigenvalue weighted by molar-refractivity contribution is 7.99. The number of aromatic nitrogens is 6. The Hall–Kier alpha value is -3.24. The minimum absolute atomic E-state index is 0.556. The van der Waals surface area contributed by atoms with Crippen LogP contribution in [0.2, 0.25) is 0 Å². The Morgan fingerprint density at radius 1 is 1.10 bits per heavy atom. The molecule has 8 nitrogen and oxygen atoms in total. The lowest BCUT2D eigenvalue weighted by molar-refractivity contribution is 0.378. The van der Waals surface area contributed by atoms with Gasteiger partial charge in [-0.15, -0.1) is 21.5 Å². The van der Waals surface area contributed by atoms with Crippen LogP contribution >= 0.6 is 23.1 Å². The van der Waals surface area contributed by atoms with Gasteiger partial charge in [-0.2, -0.15) is 4.98 Å². The molecule has 0 spiro atoms. The molecule has 0 atom stereocenters. The summed E-state index contributed by atoms with van der Waals surface area (Å²) in [5.41, 5.74) is 0.917. The summed E-state index contributed by atoms with van der Waals surface area (Å²) in [6, 6.07) is 11.7. The van der Waals surface area contributed by atoms with E-state index < -0.39 is 0 Å². The van der Waals surface area contributed by atoms with E-state index in [-0.39, 0.29) is 0 Å². The highest BCUT2D eigenvalue weighted by Gasteiger charge is 2.16. The number of nitrogens with zero attached hydrogens (tertiary/aromatic N) is 6. The van der Waals surface area contributed by atoms with E-state index in [2.05, 4.69) is 29.9 Å². The number of rotatable bonds is 9. The minimum Gasteiger partial charge on any atom is -0.467 e. The van der Waals surface area contributed by atoms with Crippen LogP contribution in [0.4, 0.5) is 0 Å². The lowest BCUT2D eigenvalue weighted by Gasteiger charge is -2.08. The zero-order valence-electron chi connectivity index (χ0n) is 16.4. The third-order valence-corrected chi connectivity index (χ3v) is 6.43. The van der Waals surface area contributed by atoms with Gasteiger partial charge in [-0.25, -0.2) is 0 Å². The quantitative estimate of drug-likeness (QED) is 0.233. The van der Waals surface area contributed by atoms with Gasteiger partial charge in [-0.3, -0.25) is 9.55 Å². The summed E-state index contributed by atoms with van der Waals surface area (Å²) in [7, 11) is 0. The van der Waals surface area contributed by atoms with Gasteiger partial charge >= 0.3 is 0 Å². The molecule has 0 unspecified atom stereocenters. The van der Waals surface area contributed by atoms with Crippen LogP contribution in [0.15, 0.2) is 74.5 Å². The first-order valence-electron chi connectivity index (χ1n) is 9.72. The molecule has 0 aliphatic carbocycles. The summed E-state index contributed by atoms with van der Waals surface area (Å²) in [6.45, 7) is 0.556. The number of thioether (sulfide) groups is 1. The van der Waals surface area contributed by atoms with Crippen LogP contribution in [0, 0.1) is 0 Å². The minimum atomic E-state index is 0.556. The number of aryl methyl sites for hydroxylation is 1. The standard InChI is InChI=1S/C21H18N6O2S2/c1-5-15(13-22-9-1)20-24-25-21(27(20)14-16-6-2-10-28-16)31-12-4-8-18-23-19(26-29-18)17-7-3-11-30-17/h1-3,5-7,9-11,13H,4,8,12,14H2. The smallest absolute Gasteiger partial charge is 0.227 e. The molecule has 10 heteroatoms. The Labute approximate surface area is 186 Å². The van der Waals surface area contributed by atoms with Crippen LogP contribution < -0.4 is 0 Å². The number of hydrogen-bond donors (Lipinski definition) is 0. The Morgan fingerprint density at radius 2 is 2.10 bits per heavy atom. The summed E-state index contributed by atoms with van der Waals surface area (Å²) in [5, 5.41) is 15.7. The molecule has 5 rings (SSSR count). The molecule has 0 amide bonds. The Balaban J connectivity index is 1.25. The molecule has 0 aliphatic rings. The third-order valence-electron chi connectivity index (χ3n) is 4.51. The molecule has 0 radical (unpaired) electrons. The molecule has 5 aromatic rings. The van der Waals surface area contributed by atoms with Crippen molar-refractivity contribution < 1.29 is 8.94 Å². The van der Waals surface area contributed by atoms with Gasteiger partial charge in [0.1, 0.15) is 5.76 Å². The first-order chi connectivity index (χ1) is 15.4. The molecule has 0 aliphatic heterocycles.